The number of amides is 1. The van der Waals surface area contributed by atoms with Crippen LogP contribution in [0.15, 0.2) is 66.0 Å². The summed E-state index contributed by atoms with van der Waals surface area (Å²) in [6, 6.07) is 14.6. The second-order valence-corrected chi connectivity index (χ2v) is 7.68. The monoisotopic (exact) mass is 415 g/mol. The minimum atomic E-state index is -0.150. The molecule has 0 bridgehead atoms. The molecule has 0 unspecified atom stereocenters. The van der Waals surface area contributed by atoms with Crippen molar-refractivity contribution in [3.05, 3.63) is 77.2 Å². The molecule has 4 heterocycles. The summed E-state index contributed by atoms with van der Waals surface area (Å²) in [5.74, 6) is 0.768. The third kappa shape index (κ3) is 3.94. The molecule has 9 heteroatoms. The molecular weight excluding hydrogens is 394 g/mol. The number of likely N-dealkylation sites (tertiary alicyclic amines) is 1. The van der Waals surface area contributed by atoms with E-state index in [1.54, 1.807) is 18.5 Å². The minimum absolute atomic E-state index is 0.0484. The molecule has 9 nitrogen and oxygen atoms in total. The topological polar surface area (TPSA) is 98.8 Å². The lowest BCUT2D eigenvalue weighted by atomic mass is 9.96. The number of benzene rings is 1. The maximum atomic E-state index is 12.9. The molecular formula is C22H21N7O2. The van der Waals surface area contributed by atoms with Gasteiger partial charge >= 0.3 is 0 Å². The second kappa shape index (κ2) is 8.10. The standard InChI is InChI=1S/C22H21N7O2/c30-21-8-7-20(29-15-23-14-24-29)26-28(21)13-16-9-11-27(12-10-16)22(31)19-6-5-17-3-1-2-4-18(17)25-19/h1-8,14-16H,9-13H2. The molecule has 0 N–H and O–H groups in total. The summed E-state index contributed by atoms with van der Waals surface area (Å²) in [7, 11) is 0. The van der Waals surface area contributed by atoms with Crippen LogP contribution in [0.5, 0.6) is 0 Å². The first-order valence-corrected chi connectivity index (χ1v) is 10.3. The van der Waals surface area contributed by atoms with Gasteiger partial charge in [-0.15, -0.1) is 5.10 Å². The predicted molar refractivity (Wildman–Crippen MR) is 114 cm³/mol. The van der Waals surface area contributed by atoms with Gasteiger partial charge in [0.15, 0.2) is 5.82 Å². The Kier molecular flexibility index (Phi) is 4.99. The van der Waals surface area contributed by atoms with Crippen LogP contribution in [-0.4, -0.2) is 53.4 Å². The van der Waals surface area contributed by atoms with E-state index in [0.717, 1.165) is 23.7 Å². The van der Waals surface area contributed by atoms with Crippen molar-refractivity contribution < 1.29 is 4.79 Å². The minimum Gasteiger partial charge on any atom is -0.337 e. The van der Waals surface area contributed by atoms with Gasteiger partial charge in [-0.05, 0) is 37.0 Å². The molecule has 1 amide bonds. The van der Waals surface area contributed by atoms with Crippen molar-refractivity contribution in [2.24, 2.45) is 5.92 Å². The molecule has 0 saturated carbocycles. The summed E-state index contributed by atoms with van der Waals surface area (Å²) in [5.41, 5.74) is 1.14. The Morgan fingerprint density at radius 1 is 1.03 bits per heavy atom. The van der Waals surface area contributed by atoms with Gasteiger partial charge in [0.25, 0.3) is 11.5 Å². The Bertz CT molecular complexity index is 1270. The van der Waals surface area contributed by atoms with Crippen LogP contribution in [0.1, 0.15) is 23.3 Å². The summed E-state index contributed by atoms with van der Waals surface area (Å²) in [6.07, 6.45) is 4.58. The van der Waals surface area contributed by atoms with E-state index in [2.05, 4.69) is 20.2 Å². The average Bonchev–Trinajstić information content (AvgIpc) is 3.35. The van der Waals surface area contributed by atoms with Crippen LogP contribution < -0.4 is 5.56 Å². The number of para-hydroxylation sites is 1. The summed E-state index contributed by atoms with van der Waals surface area (Å²) in [4.78, 5) is 35.5. The van der Waals surface area contributed by atoms with Crippen molar-refractivity contribution >= 4 is 16.8 Å². The quantitative estimate of drug-likeness (QED) is 0.505. The molecule has 1 saturated heterocycles. The lowest BCUT2D eigenvalue weighted by Gasteiger charge is -2.31. The highest BCUT2D eigenvalue weighted by molar-refractivity contribution is 5.94. The van der Waals surface area contributed by atoms with E-state index in [0.29, 0.717) is 31.1 Å². The Morgan fingerprint density at radius 3 is 2.68 bits per heavy atom. The number of pyridine rings is 1. The first-order valence-electron chi connectivity index (χ1n) is 10.3. The number of carbonyl (C=O) groups excluding carboxylic acids is 1. The molecule has 0 spiro atoms. The van der Waals surface area contributed by atoms with Crippen molar-refractivity contribution in [2.45, 2.75) is 19.4 Å². The van der Waals surface area contributed by atoms with Crippen LogP contribution in [0, 0.1) is 5.92 Å². The van der Waals surface area contributed by atoms with Gasteiger partial charge in [0.2, 0.25) is 0 Å². The number of rotatable bonds is 4. The van der Waals surface area contributed by atoms with E-state index in [1.165, 1.54) is 21.8 Å². The van der Waals surface area contributed by atoms with Gasteiger partial charge < -0.3 is 4.90 Å². The van der Waals surface area contributed by atoms with Crippen molar-refractivity contribution in [1.29, 1.82) is 0 Å². The van der Waals surface area contributed by atoms with Crippen LogP contribution in [0.4, 0.5) is 0 Å². The summed E-state index contributed by atoms with van der Waals surface area (Å²) >= 11 is 0. The van der Waals surface area contributed by atoms with Gasteiger partial charge in [0.05, 0.1) is 5.52 Å². The zero-order valence-electron chi connectivity index (χ0n) is 16.8. The highest BCUT2D eigenvalue weighted by Crippen LogP contribution is 2.21. The van der Waals surface area contributed by atoms with Crippen molar-refractivity contribution in [2.75, 3.05) is 13.1 Å². The van der Waals surface area contributed by atoms with E-state index in [1.807, 2.05) is 35.2 Å². The number of nitrogens with zero attached hydrogens (tertiary/aromatic N) is 7. The SMILES string of the molecule is O=C(c1ccc2ccccc2n1)N1CCC(Cn2nc(-n3cncn3)ccc2=O)CC1. The number of hydrogen-bond donors (Lipinski definition) is 0. The third-order valence-corrected chi connectivity index (χ3v) is 5.66. The number of carbonyl (C=O) groups is 1. The molecule has 3 aromatic heterocycles. The van der Waals surface area contributed by atoms with Crippen molar-refractivity contribution in [3.63, 3.8) is 0 Å². The molecule has 1 aliphatic rings. The van der Waals surface area contributed by atoms with Crippen LogP contribution >= 0.6 is 0 Å². The molecule has 0 radical (unpaired) electrons. The molecule has 1 aromatic carbocycles. The molecule has 0 aliphatic carbocycles. The van der Waals surface area contributed by atoms with Gasteiger partial charge in [-0.1, -0.05) is 24.3 Å². The highest BCUT2D eigenvalue weighted by Gasteiger charge is 2.25. The average molecular weight is 415 g/mol. The number of hydrogen-bond acceptors (Lipinski definition) is 6. The number of piperidine rings is 1. The Hall–Kier alpha value is -3.88. The number of aromatic nitrogens is 6. The van der Waals surface area contributed by atoms with Gasteiger partial charge in [0, 0.05) is 31.1 Å². The van der Waals surface area contributed by atoms with Gasteiger partial charge in [-0.25, -0.2) is 19.3 Å². The van der Waals surface area contributed by atoms with Crippen molar-refractivity contribution in [3.8, 4) is 5.82 Å². The fourth-order valence-electron chi connectivity index (χ4n) is 3.93. The van der Waals surface area contributed by atoms with Crippen LogP contribution in [-0.2, 0) is 6.54 Å². The molecule has 1 aliphatic heterocycles. The Balaban J connectivity index is 1.25. The summed E-state index contributed by atoms with van der Waals surface area (Å²) in [6.45, 7) is 1.78. The van der Waals surface area contributed by atoms with Gasteiger partial charge in [-0.3, -0.25) is 9.59 Å². The maximum absolute atomic E-state index is 12.9. The van der Waals surface area contributed by atoms with Gasteiger partial charge in [-0.2, -0.15) is 5.10 Å². The fourth-order valence-corrected chi connectivity index (χ4v) is 3.93. The van der Waals surface area contributed by atoms with Crippen LogP contribution in [0.3, 0.4) is 0 Å². The smallest absolute Gasteiger partial charge is 0.272 e. The second-order valence-electron chi connectivity index (χ2n) is 7.68. The lowest BCUT2D eigenvalue weighted by molar-refractivity contribution is 0.0675. The van der Waals surface area contributed by atoms with E-state index >= 15 is 0 Å². The zero-order valence-corrected chi connectivity index (χ0v) is 16.8. The normalized spacial score (nSPS) is 14.8. The van der Waals surface area contributed by atoms with E-state index in [4.69, 9.17) is 0 Å². The predicted octanol–water partition coefficient (Wildman–Crippen LogP) is 1.92. The first-order chi connectivity index (χ1) is 15.2. The van der Waals surface area contributed by atoms with Crippen molar-refractivity contribution in [1.82, 2.24) is 34.4 Å². The van der Waals surface area contributed by atoms with E-state index in [9.17, 15) is 9.59 Å². The fraction of sp³-hybridized carbons (Fsp3) is 0.273. The first kappa shape index (κ1) is 19.1. The third-order valence-electron chi connectivity index (χ3n) is 5.66. The van der Waals surface area contributed by atoms with E-state index < -0.39 is 0 Å². The molecule has 5 rings (SSSR count). The van der Waals surface area contributed by atoms with Gasteiger partial charge in [0.1, 0.15) is 18.3 Å². The Morgan fingerprint density at radius 2 is 1.87 bits per heavy atom. The number of fused-ring (bicyclic) bond motifs is 1. The van der Waals surface area contributed by atoms with E-state index in [-0.39, 0.29) is 17.4 Å². The van der Waals surface area contributed by atoms with Crippen LogP contribution in [0.2, 0.25) is 0 Å². The zero-order chi connectivity index (χ0) is 21.2. The molecule has 156 valence electrons. The maximum Gasteiger partial charge on any atom is 0.272 e. The van der Waals surface area contributed by atoms with Crippen LogP contribution in [0.25, 0.3) is 16.7 Å². The highest BCUT2D eigenvalue weighted by atomic mass is 16.2. The Labute approximate surface area is 178 Å². The molecule has 31 heavy (non-hydrogen) atoms. The molecule has 1 fully saturated rings. The largest absolute Gasteiger partial charge is 0.337 e. The summed E-state index contributed by atoms with van der Waals surface area (Å²) < 4.78 is 3.00. The summed E-state index contributed by atoms with van der Waals surface area (Å²) in [5, 5.41) is 9.49. The molecule has 4 aromatic rings. The lowest BCUT2D eigenvalue weighted by Crippen LogP contribution is -2.40. The molecule has 0 atom stereocenters.